The van der Waals surface area contributed by atoms with Crippen LogP contribution in [0.3, 0.4) is 0 Å². The Hall–Kier alpha value is -5.61. The van der Waals surface area contributed by atoms with E-state index in [2.05, 4.69) is 26.6 Å². The van der Waals surface area contributed by atoms with Crippen LogP contribution < -0.4 is 32.3 Å². The van der Waals surface area contributed by atoms with Crippen molar-refractivity contribution in [1.82, 2.24) is 21.3 Å². The number of carbonyl (C=O) groups excluding carboxylic acids is 7. The van der Waals surface area contributed by atoms with E-state index in [1.165, 1.54) is 49.4 Å². The predicted molar refractivity (Wildman–Crippen MR) is 173 cm³/mol. The molecule has 16 heteroatoms. The maximum Gasteiger partial charge on any atom is 0.288 e. The number of aliphatic hydroxyl groups is 2. The number of allylic oxidation sites excluding steroid dienone is 1. The second-order valence-electron chi connectivity index (χ2n) is 11.9. The summed E-state index contributed by atoms with van der Waals surface area (Å²) in [5, 5.41) is 46.0. The second-order valence-corrected chi connectivity index (χ2v) is 11.9. The fourth-order valence-corrected chi connectivity index (χ4v) is 5.58. The van der Waals surface area contributed by atoms with Crippen molar-refractivity contribution in [2.75, 3.05) is 5.32 Å². The van der Waals surface area contributed by atoms with Crippen molar-refractivity contribution in [3.63, 3.8) is 0 Å². The van der Waals surface area contributed by atoms with Gasteiger partial charge in [0.05, 0.1) is 12.1 Å². The first-order chi connectivity index (χ1) is 23.1. The van der Waals surface area contributed by atoms with Gasteiger partial charge in [0, 0.05) is 29.0 Å². The molecule has 2 aromatic rings. The number of aliphatic hydroxyl groups excluding tert-OH is 1. The van der Waals surface area contributed by atoms with Gasteiger partial charge in [0.25, 0.3) is 11.8 Å². The van der Waals surface area contributed by atoms with Gasteiger partial charge in [0.1, 0.15) is 30.0 Å². The van der Waals surface area contributed by atoms with Crippen LogP contribution in [0.15, 0.2) is 48.7 Å². The maximum absolute atomic E-state index is 13.7. The molecule has 1 unspecified atom stereocenters. The number of phenolic OH excluding ortho intramolecular Hbond substituents is 1. The Morgan fingerprint density at radius 3 is 2.45 bits per heavy atom. The van der Waals surface area contributed by atoms with Crippen LogP contribution >= 0.6 is 0 Å². The molecule has 2 aliphatic rings. The summed E-state index contributed by atoms with van der Waals surface area (Å²) >= 11 is 0. The number of aromatic hydroxyl groups is 1. The molecule has 2 aromatic carbocycles. The van der Waals surface area contributed by atoms with Gasteiger partial charge in [-0.2, -0.15) is 0 Å². The lowest BCUT2D eigenvalue weighted by atomic mass is 9.83. The second kappa shape index (κ2) is 14.7. The van der Waals surface area contributed by atoms with Crippen LogP contribution in [0, 0.1) is 5.92 Å². The molecule has 6 atom stereocenters. The number of benzene rings is 2. The monoisotopic (exact) mass is 678 g/mol. The summed E-state index contributed by atoms with van der Waals surface area (Å²) in [4.78, 5) is 91.8. The average molecular weight is 679 g/mol. The van der Waals surface area contributed by atoms with Crippen LogP contribution in [0.2, 0.25) is 0 Å². The number of phenols is 1. The summed E-state index contributed by atoms with van der Waals surface area (Å²) in [6.07, 6.45) is -0.553. The zero-order valence-electron chi connectivity index (χ0n) is 26.9. The summed E-state index contributed by atoms with van der Waals surface area (Å²) in [6.45, 7) is 4.79. The number of primary amides is 1. The Bertz CT molecular complexity index is 1740. The summed E-state index contributed by atoms with van der Waals surface area (Å²) in [7, 11) is 0. The van der Waals surface area contributed by atoms with E-state index in [0.717, 1.165) is 6.20 Å². The number of carbonyl (C=O) groups is 7. The number of anilines is 1. The fourth-order valence-electron chi connectivity index (χ4n) is 5.58. The molecule has 6 bridgehead atoms. The molecule has 2 aliphatic heterocycles. The van der Waals surface area contributed by atoms with Gasteiger partial charge in [-0.1, -0.05) is 44.2 Å². The van der Waals surface area contributed by atoms with Crippen molar-refractivity contribution < 1.29 is 48.9 Å². The number of amides is 6. The molecule has 2 heterocycles. The number of hydrogen-bond donors (Lipinski definition) is 9. The summed E-state index contributed by atoms with van der Waals surface area (Å²) in [5.41, 5.74) is 2.95. The van der Waals surface area contributed by atoms with E-state index >= 15 is 0 Å². The average Bonchev–Trinajstić information content (AvgIpc) is 3.34. The van der Waals surface area contributed by atoms with Gasteiger partial charge >= 0.3 is 0 Å². The SMILES string of the molecule is C/C=C\NC(=O)[C@H]1NC(=O)[C@H](CC(N)=O)NC(=O)[C@@H](NC(=O)C(=O)C(C)CC)Cc2ccc(O)c(c2)-c2cccc3c2NC(=O)[C@@]3(O)[C@@H]1O. The highest BCUT2D eigenvalue weighted by atomic mass is 16.4. The Labute approximate surface area is 280 Å². The van der Waals surface area contributed by atoms with E-state index in [1.807, 2.05) is 0 Å². The van der Waals surface area contributed by atoms with Gasteiger partial charge in [0.2, 0.25) is 29.4 Å². The largest absolute Gasteiger partial charge is 0.507 e. The lowest BCUT2D eigenvalue weighted by molar-refractivity contribution is -0.155. The number of ketones is 1. The molecule has 0 aromatic heterocycles. The minimum Gasteiger partial charge on any atom is -0.507 e. The molecule has 49 heavy (non-hydrogen) atoms. The van der Waals surface area contributed by atoms with Crippen LogP contribution in [-0.2, 0) is 45.6 Å². The number of rotatable bonds is 8. The molecule has 6 amide bonds. The Morgan fingerprint density at radius 1 is 1.08 bits per heavy atom. The molecule has 10 N–H and O–H groups in total. The minimum atomic E-state index is -2.83. The molecule has 0 aliphatic carbocycles. The van der Waals surface area contributed by atoms with Gasteiger partial charge in [-0.15, -0.1) is 0 Å². The molecular weight excluding hydrogens is 640 g/mol. The molecule has 16 nitrogen and oxygen atoms in total. The number of para-hydroxylation sites is 1. The number of nitrogens with two attached hydrogens (primary N) is 1. The molecule has 0 spiro atoms. The third kappa shape index (κ3) is 7.29. The Kier molecular flexibility index (Phi) is 10.8. The van der Waals surface area contributed by atoms with Gasteiger partial charge in [-0.3, -0.25) is 33.6 Å². The predicted octanol–water partition coefficient (Wildman–Crippen LogP) is -1.29. The number of fused-ring (bicyclic) bond motifs is 3. The Morgan fingerprint density at radius 2 is 1.80 bits per heavy atom. The first kappa shape index (κ1) is 36.2. The van der Waals surface area contributed by atoms with E-state index in [0.29, 0.717) is 12.0 Å². The molecule has 0 radical (unpaired) electrons. The van der Waals surface area contributed by atoms with Crippen molar-refractivity contribution >= 4 is 46.9 Å². The standard InChI is InChI=1S/C33H38N6O10/c1-4-11-35-30(46)25-27(43)33(49)19-8-6-7-17(24(19)39-32(33)48)18-12-16(9-10-22(18)40)13-20(37-31(47)26(42)15(3)5-2)28(44)36-21(14-23(34)41)29(45)38-25/h4,6-12,15,20-21,25,27,40,43,49H,5,13-14H2,1-3H3,(H2,34,41)(H,35,46)(H,36,44)(H,37,47)(H,38,45)(H,39,48)/b11-4-/t15?,20-,21-,25-,27+,33-/m0/s1. The molecule has 0 saturated carbocycles. The van der Waals surface area contributed by atoms with E-state index in [-0.39, 0.29) is 34.5 Å². The molecule has 260 valence electrons. The van der Waals surface area contributed by atoms with Gasteiger partial charge < -0.3 is 47.6 Å². The first-order valence-corrected chi connectivity index (χ1v) is 15.5. The van der Waals surface area contributed by atoms with Crippen molar-refractivity contribution in [3.05, 3.63) is 59.8 Å². The van der Waals surface area contributed by atoms with Crippen LogP contribution in [0.5, 0.6) is 5.75 Å². The van der Waals surface area contributed by atoms with Gasteiger partial charge in [0.15, 0.2) is 5.60 Å². The van der Waals surface area contributed by atoms with Crippen LogP contribution in [0.4, 0.5) is 5.69 Å². The van der Waals surface area contributed by atoms with Crippen LogP contribution in [0.25, 0.3) is 11.1 Å². The van der Waals surface area contributed by atoms with Crippen molar-refractivity contribution in [3.8, 4) is 16.9 Å². The van der Waals surface area contributed by atoms with Gasteiger partial charge in [-0.25, -0.2) is 0 Å². The van der Waals surface area contributed by atoms with E-state index in [1.54, 1.807) is 13.8 Å². The Balaban J connectivity index is 1.93. The number of nitrogens with one attached hydrogen (secondary N) is 5. The highest BCUT2D eigenvalue weighted by Crippen LogP contribution is 2.46. The highest BCUT2D eigenvalue weighted by molar-refractivity contribution is 6.37. The van der Waals surface area contributed by atoms with Crippen LogP contribution in [0.1, 0.15) is 44.7 Å². The lowest BCUT2D eigenvalue weighted by Crippen LogP contribution is -2.64. The maximum atomic E-state index is 13.7. The highest BCUT2D eigenvalue weighted by Gasteiger charge is 2.56. The van der Waals surface area contributed by atoms with E-state index in [4.69, 9.17) is 5.73 Å². The topological polar surface area (TPSA) is 266 Å². The summed E-state index contributed by atoms with van der Waals surface area (Å²) in [5.74, 6) is -8.38. The van der Waals surface area contributed by atoms with E-state index in [9.17, 15) is 48.9 Å². The smallest absolute Gasteiger partial charge is 0.288 e. The van der Waals surface area contributed by atoms with Crippen molar-refractivity contribution in [2.45, 2.75) is 69.9 Å². The molecular formula is C33H38N6O10. The molecule has 0 fully saturated rings. The summed E-state index contributed by atoms with van der Waals surface area (Å²) in [6, 6.07) is 3.02. The zero-order chi connectivity index (χ0) is 36.2. The summed E-state index contributed by atoms with van der Waals surface area (Å²) < 4.78 is 0. The first-order valence-electron chi connectivity index (χ1n) is 15.5. The number of Topliss-reactive ketones (excluding diaryl/α,β-unsaturated/α-hetero) is 1. The quantitative estimate of drug-likeness (QED) is 0.149. The molecule has 0 saturated heterocycles. The van der Waals surface area contributed by atoms with Crippen molar-refractivity contribution in [1.29, 1.82) is 0 Å². The minimum absolute atomic E-state index is 0.0270. The van der Waals surface area contributed by atoms with Gasteiger partial charge in [-0.05, 0) is 37.2 Å². The fraction of sp³-hybridized carbons (Fsp3) is 0.364. The third-order valence-corrected chi connectivity index (χ3v) is 8.51. The van der Waals surface area contributed by atoms with E-state index < -0.39 is 83.4 Å². The molecule has 4 rings (SSSR count). The number of hydrogen-bond acceptors (Lipinski definition) is 10. The zero-order valence-corrected chi connectivity index (χ0v) is 26.9. The van der Waals surface area contributed by atoms with Crippen LogP contribution in [-0.4, -0.2) is 80.8 Å². The van der Waals surface area contributed by atoms with Crippen molar-refractivity contribution in [2.24, 2.45) is 11.7 Å². The lowest BCUT2D eigenvalue weighted by Gasteiger charge is -2.33. The third-order valence-electron chi connectivity index (χ3n) is 8.51. The normalized spacial score (nSPS) is 24.3.